The van der Waals surface area contributed by atoms with Gasteiger partial charge in [-0.05, 0) is 35.1 Å². The maximum atomic E-state index is 14.7. The summed E-state index contributed by atoms with van der Waals surface area (Å²) in [4.78, 5) is 11.5. The van der Waals surface area contributed by atoms with Crippen molar-refractivity contribution in [2.75, 3.05) is 13.7 Å². The number of hydrogen-bond donors (Lipinski definition) is 0. The van der Waals surface area contributed by atoms with Gasteiger partial charge in [-0.1, -0.05) is 32.1 Å². The first-order valence-electron chi connectivity index (χ1n) is 10.0. The average Bonchev–Trinajstić information content (AvgIpc) is 3.05. The second kappa shape index (κ2) is 9.30. The molecule has 1 aliphatic carbocycles. The predicted molar refractivity (Wildman–Crippen MR) is 117 cm³/mol. The number of fused-ring (bicyclic) bond motifs is 1. The average molecular weight is 451 g/mol. The quantitative estimate of drug-likeness (QED) is 0.444. The van der Waals surface area contributed by atoms with E-state index >= 15 is 0 Å². The molecule has 1 aromatic heterocycles. The minimum Gasteiger partial charge on any atom is -0.489 e. The van der Waals surface area contributed by atoms with Crippen molar-refractivity contribution in [1.29, 1.82) is 0 Å². The Balaban J connectivity index is 1.82. The number of benzene rings is 1. The van der Waals surface area contributed by atoms with Crippen molar-refractivity contribution < 1.29 is 27.4 Å². The molecule has 2 aromatic rings. The Kier molecular flexibility index (Phi) is 6.94. The van der Waals surface area contributed by atoms with Crippen LogP contribution in [0, 0.1) is 11.7 Å². The maximum absolute atomic E-state index is 14.7. The SMILES string of the molecule is CCC(F)(F)C1=CC=C(COc2cc(F)c3c(CC(=O)OC)csc3c2)C(C)=CC1C. The molecule has 1 unspecified atom stereocenters. The summed E-state index contributed by atoms with van der Waals surface area (Å²) in [5, 5.41) is 2.12. The summed E-state index contributed by atoms with van der Waals surface area (Å²) in [6.07, 6.45) is 4.68. The van der Waals surface area contributed by atoms with Crippen LogP contribution in [0.4, 0.5) is 13.2 Å². The molecule has 1 aromatic carbocycles. The maximum Gasteiger partial charge on any atom is 0.310 e. The summed E-state index contributed by atoms with van der Waals surface area (Å²) in [5.41, 5.74) is 2.26. The molecule has 166 valence electrons. The second-order valence-electron chi connectivity index (χ2n) is 7.59. The first-order chi connectivity index (χ1) is 14.7. The molecule has 0 spiro atoms. The number of allylic oxidation sites excluding steroid dienone is 4. The highest BCUT2D eigenvalue weighted by Crippen LogP contribution is 2.37. The number of rotatable bonds is 7. The van der Waals surface area contributed by atoms with E-state index in [2.05, 4.69) is 4.74 Å². The lowest BCUT2D eigenvalue weighted by atomic mass is 9.92. The Bertz CT molecular complexity index is 1080. The third kappa shape index (κ3) is 5.03. The summed E-state index contributed by atoms with van der Waals surface area (Å²) in [6.45, 7) is 5.20. The third-order valence-corrected chi connectivity index (χ3v) is 6.44. The minimum atomic E-state index is -2.86. The lowest BCUT2D eigenvalue weighted by molar-refractivity contribution is -0.139. The van der Waals surface area contributed by atoms with Gasteiger partial charge in [0, 0.05) is 34.1 Å². The fourth-order valence-corrected chi connectivity index (χ4v) is 4.63. The van der Waals surface area contributed by atoms with E-state index < -0.39 is 23.6 Å². The van der Waals surface area contributed by atoms with E-state index in [-0.39, 0.29) is 25.0 Å². The van der Waals surface area contributed by atoms with Crippen LogP contribution in [0.15, 0.2) is 52.5 Å². The highest BCUT2D eigenvalue weighted by Gasteiger charge is 2.34. The zero-order valence-electron chi connectivity index (χ0n) is 17.9. The Labute approximate surface area is 183 Å². The van der Waals surface area contributed by atoms with Crippen molar-refractivity contribution >= 4 is 27.4 Å². The van der Waals surface area contributed by atoms with Gasteiger partial charge in [0.15, 0.2) is 0 Å². The number of ether oxygens (including phenoxy) is 2. The van der Waals surface area contributed by atoms with Crippen LogP contribution < -0.4 is 4.74 Å². The molecule has 1 heterocycles. The smallest absolute Gasteiger partial charge is 0.310 e. The van der Waals surface area contributed by atoms with Gasteiger partial charge in [0.1, 0.15) is 18.2 Å². The Morgan fingerprint density at radius 2 is 2.00 bits per heavy atom. The predicted octanol–water partition coefficient (Wildman–Crippen LogP) is 6.63. The van der Waals surface area contributed by atoms with Gasteiger partial charge in [0.05, 0.1) is 13.5 Å². The molecule has 0 saturated carbocycles. The Morgan fingerprint density at radius 3 is 2.68 bits per heavy atom. The third-order valence-electron chi connectivity index (χ3n) is 5.46. The first kappa shape index (κ1) is 23.1. The van der Waals surface area contributed by atoms with Gasteiger partial charge < -0.3 is 9.47 Å². The minimum absolute atomic E-state index is 0.000252. The van der Waals surface area contributed by atoms with Crippen LogP contribution in [0.25, 0.3) is 10.1 Å². The number of alkyl halides is 2. The van der Waals surface area contributed by atoms with Gasteiger partial charge in [-0.2, -0.15) is 0 Å². The number of carbonyl (C=O) groups is 1. The molecule has 0 aliphatic heterocycles. The number of esters is 1. The van der Waals surface area contributed by atoms with E-state index in [0.29, 0.717) is 21.4 Å². The van der Waals surface area contributed by atoms with Crippen molar-refractivity contribution in [3.63, 3.8) is 0 Å². The normalized spacial score (nSPS) is 17.0. The van der Waals surface area contributed by atoms with Gasteiger partial charge in [0.2, 0.25) is 0 Å². The number of hydrogen-bond acceptors (Lipinski definition) is 4. The fraction of sp³-hybridized carbons (Fsp3) is 0.375. The molecule has 0 bridgehead atoms. The van der Waals surface area contributed by atoms with Gasteiger partial charge in [-0.3, -0.25) is 4.79 Å². The van der Waals surface area contributed by atoms with Crippen molar-refractivity contribution in [2.24, 2.45) is 5.92 Å². The molecular formula is C24H25F3O3S. The van der Waals surface area contributed by atoms with Crippen LogP contribution in [0.2, 0.25) is 0 Å². The van der Waals surface area contributed by atoms with Gasteiger partial charge >= 0.3 is 5.97 Å². The zero-order valence-corrected chi connectivity index (χ0v) is 18.7. The topological polar surface area (TPSA) is 35.5 Å². The molecule has 0 N–H and O–H groups in total. The lowest BCUT2D eigenvalue weighted by Gasteiger charge is -2.21. The molecule has 3 nitrogen and oxygen atoms in total. The number of carbonyl (C=O) groups excluding carboxylic acids is 1. The molecular weight excluding hydrogens is 425 g/mol. The molecule has 0 saturated heterocycles. The summed E-state index contributed by atoms with van der Waals surface area (Å²) >= 11 is 1.32. The fourth-order valence-electron chi connectivity index (χ4n) is 3.62. The highest BCUT2D eigenvalue weighted by atomic mass is 32.1. The summed E-state index contributed by atoms with van der Waals surface area (Å²) in [6, 6.07) is 3.00. The van der Waals surface area contributed by atoms with Crippen LogP contribution in [-0.2, 0) is 16.0 Å². The second-order valence-corrected chi connectivity index (χ2v) is 8.50. The first-order valence-corrected chi connectivity index (χ1v) is 10.9. The van der Waals surface area contributed by atoms with Gasteiger partial charge in [-0.15, -0.1) is 11.3 Å². The molecule has 1 atom stereocenters. The van der Waals surface area contributed by atoms with Crippen molar-refractivity contribution in [3.05, 3.63) is 63.8 Å². The molecule has 7 heteroatoms. The van der Waals surface area contributed by atoms with E-state index in [1.165, 1.54) is 37.5 Å². The van der Waals surface area contributed by atoms with Crippen LogP contribution in [0.5, 0.6) is 5.75 Å². The monoisotopic (exact) mass is 450 g/mol. The molecule has 31 heavy (non-hydrogen) atoms. The van der Waals surface area contributed by atoms with Gasteiger partial charge in [-0.25, -0.2) is 13.2 Å². The lowest BCUT2D eigenvalue weighted by Crippen LogP contribution is -2.22. The van der Waals surface area contributed by atoms with Crippen molar-refractivity contribution in [1.82, 2.24) is 0 Å². The van der Waals surface area contributed by atoms with E-state index in [4.69, 9.17) is 4.74 Å². The standard InChI is InChI=1S/C24H25F3O3S/c1-5-24(26,27)19-7-6-16(14(2)8-15(19)3)12-30-18-10-20(25)23-17(9-22(28)29-4)13-31-21(23)11-18/h6-8,10-11,13,15H,5,9,12H2,1-4H3. The van der Waals surface area contributed by atoms with Crippen LogP contribution >= 0.6 is 11.3 Å². The summed E-state index contributed by atoms with van der Waals surface area (Å²) < 4.78 is 54.3. The summed E-state index contributed by atoms with van der Waals surface area (Å²) in [7, 11) is 1.29. The van der Waals surface area contributed by atoms with E-state index in [0.717, 1.165) is 11.1 Å². The van der Waals surface area contributed by atoms with Gasteiger partial charge in [0.25, 0.3) is 5.92 Å². The Morgan fingerprint density at radius 1 is 1.26 bits per heavy atom. The van der Waals surface area contributed by atoms with Crippen molar-refractivity contribution in [3.8, 4) is 5.75 Å². The summed E-state index contributed by atoms with van der Waals surface area (Å²) in [5.74, 6) is -3.83. The van der Waals surface area contributed by atoms with Crippen molar-refractivity contribution in [2.45, 2.75) is 39.5 Å². The Hall–Kier alpha value is -2.54. The molecule has 0 radical (unpaired) electrons. The molecule has 3 rings (SSSR count). The molecule has 0 amide bonds. The van der Waals surface area contributed by atoms with Crippen LogP contribution in [-0.4, -0.2) is 25.6 Å². The van der Waals surface area contributed by atoms with E-state index in [9.17, 15) is 18.0 Å². The molecule has 0 fully saturated rings. The van der Waals surface area contributed by atoms with E-state index in [1.807, 2.05) is 6.92 Å². The van der Waals surface area contributed by atoms with Crippen LogP contribution in [0.1, 0.15) is 32.8 Å². The number of halogens is 3. The van der Waals surface area contributed by atoms with E-state index in [1.54, 1.807) is 30.5 Å². The number of methoxy groups -OCH3 is 1. The highest BCUT2D eigenvalue weighted by molar-refractivity contribution is 7.17. The zero-order chi connectivity index (χ0) is 22.8. The number of thiophene rings is 1. The van der Waals surface area contributed by atoms with Crippen LogP contribution in [0.3, 0.4) is 0 Å². The largest absolute Gasteiger partial charge is 0.489 e. The molecule has 1 aliphatic rings.